The van der Waals surface area contributed by atoms with Crippen LogP contribution in [0.1, 0.15) is 12.8 Å². The molecule has 1 unspecified atom stereocenters. The third kappa shape index (κ3) is 3.76. The molecule has 1 aliphatic carbocycles. The SMILES string of the molecule is COC(=O)C(OC(C(F)(F)F)C(F)(F)F)C1CC1. The van der Waals surface area contributed by atoms with Crippen LogP contribution in [0.25, 0.3) is 0 Å². The molecule has 1 atom stereocenters. The molecule has 106 valence electrons. The van der Waals surface area contributed by atoms with Crippen LogP contribution in [-0.4, -0.2) is 37.6 Å². The quantitative estimate of drug-likeness (QED) is 0.586. The molecule has 9 heteroatoms. The van der Waals surface area contributed by atoms with Gasteiger partial charge in [-0.05, 0) is 18.8 Å². The maximum atomic E-state index is 12.2. The molecule has 1 rings (SSSR count). The number of hydrogen-bond acceptors (Lipinski definition) is 3. The maximum absolute atomic E-state index is 12.2. The molecular weight excluding hydrogens is 270 g/mol. The van der Waals surface area contributed by atoms with Crippen LogP contribution in [0.2, 0.25) is 0 Å². The summed E-state index contributed by atoms with van der Waals surface area (Å²) in [4.78, 5) is 11.1. The number of carbonyl (C=O) groups is 1. The molecule has 3 nitrogen and oxygen atoms in total. The molecule has 0 bridgehead atoms. The Morgan fingerprint density at radius 1 is 1.11 bits per heavy atom. The normalized spacial score (nSPS) is 18.9. The van der Waals surface area contributed by atoms with E-state index in [0.717, 1.165) is 7.11 Å². The van der Waals surface area contributed by atoms with Crippen molar-refractivity contribution in [2.75, 3.05) is 7.11 Å². The first-order valence-electron chi connectivity index (χ1n) is 4.94. The summed E-state index contributed by atoms with van der Waals surface area (Å²) in [6.45, 7) is 0. The highest BCUT2D eigenvalue weighted by atomic mass is 19.4. The molecule has 0 heterocycles. The third-order valence-electron chi connectivity index (χ3n) is 2.36. The number of ether oxygens (including phenoxy) is 2. The van der Waals surface area contributed by atoms with Crippen LogP contribution in [-0.2, 0) is 14.3 Å². The summed E-state index contributed by atoms with van der Waals surface area (Å²) in [7, 11) is 0.872. The lowest BCUT2D eigenvalue weighted by atomic mass is 10.2. The standard InChI is InChI=1S/C9H10F6O3/c1-17-6(16)5(4-2-3-4)18-7(8(10,11)12)9(13,14)15/h4-5,7H,2-3H2,1H3. The zero-order chi connectivity index (χ0) is 14.1. The van der Waals surface area contributed by atoms with Crippen LogP contribution in [0, 0.1) is 5.92 Å². The Morgan fingerprint density at radius 2 is 1.56 bits per heavy atom. The van der Waals surface area contributed by atoms with Gasteiger partial charge < -0.3 is 9.47 Å². The topological polar surface area (TPSA) is 35.5 Å². The van der Waals surface area contributed by atoms with Crippen molar-refractivity contribution in [2.24, 2.45) is 5.92 Å². The van der Waals surface area contributed by atoms with Crippen LogP contribution >= 0.6 is 0 Å². The molecule has 0 spiro atoms. The fraction of sp³-hybridized carbons (Fsp3) is 0.889. The van der Waals surface area contributed by atoms with E-state index in [4.69, 9.17) is 0 Å². The van der Waals surface area contributed by atoms with Crippen LogP contribution in [0.15, 0.2) is 0 Å². The van der Waals surface area contributed by atoms with E-state index >= 15 is 0 Å². The van der Waals surface area contributed by atoms with Crippen molar-refractivity contribution in [3.63, 3.8) is 0 Å². The Bertz CT molecular complexity index is 292. The summed E-state index contributed by atoms with van der Waals surface area (Å²) >= 11 is 0. The van der Waals surface area contributed by atoms with Gasteiger partial charge in [0, 0.05) is 0 Å². The minimum absolute atomic E-state index is 0.336. The second-order valence-corrected chi connectivity index (χ2v) is 3.88. The minimum atomic E-state index is -5.63. The Morgan fingerprint density at radius 3 is 1.83 bits per heavy atom. The fourth-order valence-corrected chi connectivity index (χ4v) is 1.36. The van der Waals surface area contributed by atoms with E-state index in [0.29, 0.717) is 12.8 Å². The lowest BCUT2D eigenvalue weighted by molar-refractivity contribution is -0.330. The summed E-state index contributed by atoms with van der Waals surface area (Å²) in [6, 6.07) is 0. The second kappa shape index (κ2) is 4.94. The monoisotopic (exact) mass is 280 g/mol. The highest BCUT2D eigenvalue weighted by molar-refractivity contribution is 5.75. The van der Waals surface area contributed by atoms with Gasteiger partial charge in [-0.2, -0.15) is 26.3 Å². The molecule has 0 aliphatic heterocycles. The van der Waals surface area contributed by atoms with Gasteiger partial charge in [0.25, 0.3) is 0 Å². The predicted octanol–water partition coefficient (Wildman–Crippen LogP) is 2.45. The average Bonchev–Trinajstić information content (AvgIpc) is 2.97. The first-order valence-corrected chi connectivity index (χ1v) is 4.94. The van der Waals surface area contributed by atoms with Crippen LogP contribution in [0.4, 0.5) is 26.3 Å². The number of esters is 1. The van der Waals surface area contributed by atoms with E-state index in [-0.39, 0.29) is 0 Å². The zero-order valence-corrected chi connectivity index (χ0v) is 9.14. The van der Waals surface area contributed by atoms with Crippen molar-refractivity contribution in [1.29, 1.82) is 0 Å². The van der Waals surface area contributed by atoms with E-state index in [9.17, 15) is 31.1 Å². The summed E-state index contributed by atoms with van der Waals surface area (Å²) in [5, 5.41) is 0. The third-order valence-corrected chi connectivity index (χ3v) is 2.36. The van der Waals surface area contributed by atoms with Crippen molar-refractivity contribution >= 4 is 5.97 Å². The number of halogens is 6. The van der Waals surface area contributed by atoms with Gasteiger partial charge >= 0.3 is 18.3 Å². The molecule has 0 N–H and O–H groups in total. The molecule has 18 heavy (non-hydrogen) atoms. The smallest absolute Gasteiger partial charge is 0.423 e. The Labute approximate surface area is 98.0 Å². The molecular formula is C9H10F6O3. The Balaban J connectivity index is 2.84. The second-order valence-electron chi connectivity index (χ2n) is 3.88. The number of hydrogen-bond donors (Lipinski definition) is 0. The molecule has 1 fully saturated rings. The fourth-order valence-electron chi connectivity index (χ4n) is 1.36. The summed E-state index contributed by atoms with van der Waals surface area (Å²) in [5.41, 5.74) is 0. The number of rotatable bonds is 4. The molecule has 0 aromatic carbocycles. The van der Waals surface area contributed by atoms with Crippen molar-refractivity contribution in [2.45, 2.75) is 37.4 Å². The van der Waals surface area contributed by atoms with Crippen LogP contribution in [0.3, 0.4) is 0 Å². The van der Waals surface area contributed by atoms with E-state index in [1.54, 1.807) is 0 Å². The first kappa shape index (κ1) is 15.1. The lowest BCUT2D eigenvalue weighted by Crippen LogP contribution is -2.48. The zero-order valence-electron chi connectivity index (χ0n) is 9.14. The van der Waals surface area contributed by atoms with Gasteiger partial charge in [-0.1, -0.05) is 0 Å². The van der Waals surface area contributed by atoms with Gasteiger partial charge in [0.05, 0.1) is 7.11 Å². The number of carbonyl (C=O) groups excluding carboxylic acids is 1. The predicted molar refractivity (Wildman–Crippen MR) is 45.5 cm³/mol. The van der Waals surface area contributed by atoms with Crippen LogP contribution in [0.5, 0.6) is 0 Å². The highest BCUT2D eigenvalue weighted by Crippen LogP contribution is 2.41. The van der Waals surface area contributed by atoms with Crippen LogP contribution < -0.4 is 0 Å². The highest BCUT2D eigenvalue weighted by Gasteiger charge is 2.60. The van der Waals surface area contributed by atoms with E-state index < -0.39 is 36.4 Å². The van der Waals surface area contributed by atoms with Gasteiger partial charge in [-0.15, -0.1) is 0 Å². The number of methoxy groups -OCH3 is 1. The Kier molecular flexibility index (Phi) is 4.14. The molecule has 0 aromatic rings. The average molecular weight is 280 g/mol. The van der Waals surface area contributed by atoms with Gasteiger partial charge in [0.15, 0.2) is 6.10 Å². The van der Waals surface area contributed by atoms with E-state index in [1.807, 2.05) is 0 Å². The largest absolute Gasteiger partial charge is 0.467 e. The van der Waals surface area contributed by atoms with Crippen molar-refractivity contribution in [1.82, 2.24) is 0 Å². The van der Waals surface area contributed by atoms with Gasteiger partial charge in [-0.3, -0.25) is 0 Å². The van der Waals surface area contributed by atoms with Gasteiger partial charge in [0.1, 0.15) is 0 Å². The molecule has 1 saturated carbocycles. The first-order chi connectivity index (χ1) is 8.07. The van der Waals surface area contributed by atoms with E-state index in [2.05, 4.69) is 9.47 Å². The lowest BCUT2D eigenvalue weighted by Gasteiger charge is -2.26. The number of alkyl halides is 6. The minimum Gasteiger partial charge on any atom is -0.467 e. The van der Waals surface area contributed by atoms with Crippen molar-refractivity contribution < 1.29 is 40.6 Å². The molecule has 0 radical (unpaired) electrons. The maximum Gasteiger partial charge on any atom is 0.423 e. The van der Waals surface area contributed by atoms with Crippen molar-refractivity contribution in [3.05, 3.63) is 0 Å². The molecule has 1 aliphatic rings. The summed E-state index contributed by atoms with van der Waals surface area (Å²) < 4.78 is 81.5. The van der Waals surface area contributed by atoms with Crippen molar-refractivity contribution in [3.8, 4) is 0 Å². The molecule has 0 amide bonds. The summed E-state index contributed by atoms with van der Waals surface area (Å²) in [6.07, 6.45) is -16.4. The Hall–Kier alpha value is -0.990. The van der Waals surface area contributed by atoms with Gasteiger partial charge in [0.2, 0.25) is 6.10 Å². The summed E-state index contributed by atoms with van der Waals surface area (Å²) in [5.74, 6) is -1.87. The molecule has 0 saturated heterocycles. The molecule has 0 aromatic heterocycles. The van der Waals surface area contributed by atoms with E-state index in [1.165, 1.54) is 0 Å². The van der Waals surface area contributed by atoms with Gasteiger partial charge in [-0.25, -0.2) is 4.79 Å².